The molecule has 0 saturated heterocycles. The van der Waals surface area contributed by atoms with Crippen molar-refractivity contribution < 1.29 is 33.3 Å². The van der Waals surface area contributed by atoms with Crippen molar-refractivity contribution in [1.82, 2.24) is 20.8 Å². The van der Waals surface area contributed by atoms with Crippen LogP contribution in [0.5, 0.6) is 0 Å². The summed E-state index contributed by atoms with van der Waals surface area (Å²) in [6, 6.07) is 20.4. The van der Waals surface area contributed by atoms with Gasteiger partial charge in [0.1, 0.15) is 5.69 Å². The maximum Gasteiger partial charge on any atom is 0.319 e. The van der Waals surface area contributed by atoms with Gasteiger partial charge in [-0.1, -0.05) is 29.8 Å². The van der Waals surface area contributed by atoms with E-state index in [4.69, 9.17) is 23.7 Å². The van der Waals surface area contributed by atoms with Crippen molar-refractivity contribution >= 4 is 40.3 Å². The highest BCUT2D eigenvalue weighted by Gasteiger charge is 2.12. The number of nitrogens with one attached hydrogen (secondary N) is 4. The Balaban J connectivity index is 1.13. The zero-order valence-corrected chi connectivity index (χ0v) is 28.0. The Morgan fingerprint density at radius 1 is 0.812 bits per heavy atom. The zero-order valence-electron chi connectivity index (χ0n) is 27.1. The van der Waals surface area contributed by atoms with Crippen molar-refractivity contribution in [3.8, 4) is 11.8 Å². The number of fused-ring (bicyclic) bond motifs is 1. The van der Waals surface area contributed by atoms with Gasteiger partial charge in [0.05, 0.1) is 70.5 Å². The number of carbonyl (C=O) groups is 2. The van der Waals surface area contributed by atoms with E-state index in [0.717, 1.165) is 26.3 Å². The molecule has 4 aromatic rings. The van der Waals surface area contributed by atoms with Crippen LogP contribution in [-0.2, 0) is 23.7 Å². The Bertz CT molecular complexity index is 1650. The van der Waals surface area contributed by atoms with Crippen LogP contribution in [0.4, 0.5) is 10.5 Å². The molecule has 13 heteroatoms. The maximum absolute atomic E-state index is 12.2. The number of amides is 3. The largest absolute Gasteiger partial charge is 0.382 e. The first-order valence-electron chi connectivity index (χ1n) is 15.5. The molecular weight excluding hydrogens is 634 g/mol. The fourth-order valence-electron chi connectivity index (χ4n) is 4.25. The third-order valence-corrected chi connectivity index (χ3v) is 7.73. The maximum atomic E-state index is 12.2. The second-order valence-electron chi connectivity index (χ2n) is 10.1. The van der Waals surface area contributed by atoms with Crippen LogP contribution in [0.25, 0.3) is 10.9 Å². The summed E-state index contributed by atoms with van der Waals surface area (Å²) in [5, 5.41) is 16.6. The number of rotatable bonds is 19. The molecule has 0 aliphatic carbocycles. The van der Waals surface area contributed by atoms with E-state index in [0.29, 0.717) is 83.0 Å². The van der Waals surface area contributed by atoms with Crippen molar-refractivity contribution in [2.45, 2.75) is 9.79 Å². The fraction of sp³-hybridized carbons (Fsp3) is 0.343. The van der Waals surface area contributed by atoms with Crippen molar-refractivity contribution in [1.29, 1.82) is 0 Å². The highest BCUT2D eigenvalue weighted by atomic mass is 32.2. The minimum Gasteiger partial charge on any atom is -0.382 e. The Labute approximate surface area is 284 Å². The molecule has 0 unspecified atom stereocenters. The van der Waals surface area contributed by atoms with Gasteiger partial charge in [-0.25, -0.2) is 4.79 Å². The number of methoxy groups -OCH3 is 1. The Kier molecular flexibility index (Phi) is 15.7. The summed E-state index contributed by atoms with van der Waals surface area (Å²) in [4.78, 5) is 26.3. The molecule has 12 nitrogen and oxygen atoms in total. The number of carbonyl (C=O) groups excluding carboxylic acids is 2. The summed E-state index contributed by atoms with van der Waals surface area (Å²) in [6.45, 7) is 4.75. The van der Waals surface area contributed by atoms with Crippen LogP contribution in [0, 0.1) is 11.8 Å². The molecular formula is C35H41N5O7S. The van der Waals surface area contributed by atoms with Crippen molar-refractivity contribution in [3.05, 3.63) is 83.6 Å². The van der Waals surface area contributed by atoms with Gasteiger partial charge in [-0.2, -0.15) is 5.10 Å². The summed E-state index contributed by atoms with van der Waals surface area (Å²) in [5.41, 5.74) is 3.53. The van der Waals surface area contributed by atoms with E-state index in [1.165, 1.54) is 11.8 Å². The lowest BCUT2D eigenvalue weighted by Crippen LogP contribution is -2.31. The van der Waals surface area contributed by atoms with Crippen LogP contribution >= 0.6 is 11.8 Å². The first-order chi connectivity index (χ1) is 23.6. The predicted molar refractivity (Wildman–Crippen MR) is 185 cm³/mol. The minimum absolute atomic E-state index is 0.125. The highest BCUT2D eigenvalue weighted by Crippen LogP contribution is 2.32. The summed E-state index contributed by atoms with van der Waals surface area (Å²) >= 11 is 1.51. The summed E-state index contributed by atoms with van der Waals surface area (Å²) in [5.74, 6) is 6.13. The molecule has 0 atom stereocenters. The zero-order chi connectivity index (χ0) is 33.8. The number of benzene rings is 3. The van der Waals surface area contributed by atoms with E-state index in [1.54, 1.807) is 26.3 Å². The van der Waals surface area contributed by atoms with Crippen molar-refractivity contribution in [2.24, 2.45) is 0 Å². The molecule has 1 heterocycles. The first kappa shape index (κ1) is 36.4. The second-order valence-corrected chi connectivity index (χ2v) is 11.2. The van der Waals surface area contributed by atoms with Crippen LogP contribution in [0.1, 0.15) is 21.6 Å². The number of H-pyrrole nitrogens is 1. The average molecular weight is 676 g/mol. The molecule has 0 aliphatic heterocycles. The Morgan fingerprint density at radius 3 is 2.17 bits per heavy atom. The second kappa shape index (κ2) is 20.7. The normalized spacial score (nSPS) is 10.8. The number of anilines is 1. The smallest absolute Gasteiger partial charge is 0.319 e. The molecule has 0 fully saturated rings. The van der Waals surface area contributed by atoms with Crippen LogP contribution in [-0.4, -0.2) is 102 Å². The van der Waals surface area contributed by atoms with Gasteiger partial charge in [-0.05, 0) is 60.5 Å². The van der Waals surface area contributed by atoms with Crippen LogP contribution in [0.15, 0.2) is 76.5 Å². The topological polar surface area (TPSA) is 145 Å². The van der Waals surface area contributed by atoms with Crippen LogP contribution in [0.2, 0.25) is 0 Å². The molecule has 3 amide bonds. The third kappa shape index (κ3) is 12.3. The van der Waals surface area contributed by atoms with Gasteiger partial charge >= 0.3 is 6.03 Å². The average Bonchev–Trinajstić information content (AvgIpc) is 3.51. The fourth-order valence-corrected chi connectivity index (χ4v) is 5.23. The number of hydrogen-bond acceptors (Lipinski definition) is 9. The van der Waals surface area contributed by atoms with Gasteiger partial charge in [0.15, 0.2) is 0 Å². The van der Waals surface area contributed by atoms with E-state index >= 15 is 0 Å². The van der Waals surface area contributed by atoms with Gasteiger partial charge in [-0.15, -0.1) is 0 Å². The number of hydrogen-bond donors (Lipinski definition) is 4. The minimum atomic E-state index is -0.324. The number of nitrogens with zero attached hydrogens (tertiary/aromatic N) is 1. The molecule has 3 aromatic carbocycles. The van der Waals surface area contributed by atoms with Crippen molar-refractivity contribution in [3.63, 3.8) is 0 Å². The molecule has 4 N–H and O–H groups in total. The number of aromatic amines is 1. The SMILES string of the molecule is CNC(=O)c1ccccc1Sc1ccc2c(C#Cc3ccc(NC(=O)NCCOCCOCCOCCOCCOC)cc3)n[nH]c2c1. The highest BCUT2D eigenvalue weighted by molar-refractivity contribution is 7.99. The molecule has 0 radical (unpaired) electrons. The third-order valence-electron chi connectivity index (χ3n) is 6.67. The van der Waals surface area contributed by atoms with E-state index < -0.39 is 0 Å². The number of ether oxygens (including phenoxy) is 5. The molecule has 48 heavy (non-hydrogen) atoms. The Hall–Kier alpha value is -4.42. The lowest BCUT2D eigenvalue weighted by molar-refractivity contribution is -0.00737. The molecule has 1 aromatic heterocycles. The summed E-state index contributed by atoms with van der Waals surface area (Å²) in [7, 11) is 3.26. The van der Waals surface area contributed by atoms with Gasteiger partial charge < -0.3 is 39.6 Å². The molecule has 0 aliphatic rings. The van der Waals surface area contributed by atoms with Gasteiger partial charge in [-0.3, -0.25) is 9.89 Å². The van der Waals surface area contributed by atoms with Gasteiger partial charge in [0.2, 0.25) is 0 Å². The number of urea groups is 1. The van der Waals surface area contributed by atoms with Crippen LogP contribution < -0.4 is 16.0 Å². The lowest BCUT2D eigenvalue weighted by atomic mass is 10.2. The molecule has 0 saturated carbocycles. The molecule has 0 spiro atoms. The predicted octanol–water partition coefficient (Wildman–Crippen LogP) is 4.31. The Morgan fingerprint density at radius 2 is 1.48 bits per heavy atom. The quantitative estimate of drug-likeness (QED) is 0.0844. The monoisotopic (exact) mass is 675 g/mol. The van der Waals surface area contributed by atoms with E-state index in [1.807, 2.05) is 54.6 Å². The van der Waals surface area contributed by atoms with E-state index in [-0.39, 0.29) is 11.9 Å². The summed E-state index contributed by atoms with van der Waals surface area (Å²) < 4.78 is 26.5. The lowest BCUT2D eigenvalue weighted by Gasteiger charge is -2.09. The standard InChI is InChI=1S/C35H41N5O7S/c1-36-34(41)30-5-3-4-6-33(30)48-28-12-13-29-31(39-40-32(29)25-28)14-9-26-7-10-27(11-8-26)38-35(42)37-15-16-44-19-20-46-23-24-47-22-21-45-18-17-43-2/h3-8,10-13,25H,15-24H2,1-2H3,(H,36,41)(H,39,40)(H2,37,38,42). The molecule has 254 valence electrons. The van der Waals surface area contributed by atoms with Crippen LogP contribution in [0.3, 0.4) is 0 Å². The van der Waals surface area contributed by atoms with Gasteiger partial charge in [0, 0.05) is 47.1 Å². The molecule has 0 bridgehead atoms. The number of aromatic nitrogens is 2. The van der Waals surface area contributed by atoms with Gasteiger partial charge in [0.25, 0.3) is 5.91 Å². The van der Waals surface area contributed by atoms with E-state index in [9.17, 15) is 9.59 Å². The molecule has 4 rings (SSSR count). The summed E-state index contributed by atoms with van der Waals surface area (Å²) in [6.07, 6.45) is 0. The van der Waals surface area contributed by atoms with Crippen molar-refractivity contribution in [2.75, 3.05) is 85.5 Å². The van der Waals surface area contributed by atoms with E-state index in [2.05, 4.69) is 38.0 Å². The first-order valence-corrected chi connectivity index (χ1v) is 16.3.